The zero-order valence-corrected chi connectivity index (χ0v) is 17.4. The molecule has 5 rings (SSSR count). The van der Waals surface area contributed by atoms with Crippen LogP contribution in [0.5, 0.6) is 11.5 Å². The second-order valence-corrected chi connectivity index (χ2v) is 7.61. The molecule has 1 N–H and O–H groups in total. The lowest BCUT2D eigenvalue weighted by molar-refractivity contribution is -0.275. The number of aromatic amines is 1. The van der Waals surface area contributed by atoms with E-state index in [1.54, 1.807) is 24.3 Å². The molecule has 1 heterocycles. The average Bonchev–Trinajstić information content (AvgIpc) is 3.15. The number of benzene rings is 4. The maximum absolute atomic E-state index is 12.9. The molecule has 0 bridgehead atoms. The summed E-state index contributed by atoms with van der Waals surface area (Å²) in [5.41, 5.74) is 2.17. The normalized spacial score (nSPS) is 12.3. The van der Waals surface area contributed by atoms with Gasteiger partial charge in [-0.3, -0.25) is 0 Å². The molecule has 1 aromatic heterocycles. The Hall–Kier alpha value is -4.39. The molecule has 0 atom stereocenters. The van der Waals surface area contributed by atoms with Gasteiger partial charge < -0.3 is 14.5 Å². The molecule has 0 aliphatic carbocycles. The molecule has 0 spiro atoms. The second-order valence-electron chi connectivity index (χ2n) is 7.61. The van der Waals surface area contributed by atoms with Crippen LogP contribution in [-0.4, -0.2) is 17.7 Å². The summed E-state index contributed by atoms with van der Waals surface area (Å²) >= 11 is 0. The van der Waals surface area contributed by atoms with Crippen molar-refractivity contribution in [2.45, 2.75) is 12.7 Å². The molecule has 176 valence electrons. The van der Waals surface area contributed by atoms with E-state index in [1.807, 2.05) is 0 Å². The van der Waals surface area contributed by atoms with Crippen LogP contribution < -0.4 is 9.47 Å². The number of halogens is 6. The lowest BCUT2D eigenvalue weighted by atomic mass is 9.91. The summed E-state index contributed by atoms with van der Waals surface area (Å²) in [6.45, 7) is 0. The van der Waals surface area contributed by atoms with E-state index in [2.05, 4.69) is 20.5 Å². The van der Waals surface area contributed by atoms with Gasteiger partial charge in [-0.05, 0) is 47.3 Å². The highest BCUT2D eigenvalue weighted by Crippen LogP contribution is 2.43. The minimum atomic E-state index is -4.94. The molecular formula is C25H12F6N2O2. The molecule has 4 aromatic carbocycles. The van der Waals surface area contributed by atoms with Crippen LogP contribution in [0.25, 0.3) is 43.7 Å². The van der Waals surface area contributed by atoms with Gasteiger partial charge in [-0.25, -0.2) is 0 Å². The first-order chi connectivity index (χ1) is 16.5. The first-order valence-corrected chi connectivity index (χ1v) is 10.1. The van der Waals surface area contributed by atoms with E-state index in [0.29, 0.717) is 32.9 Å². The lowest BCUT2D eigenvalue weighted by Gasteiger charge is -2.15. The molecule has 0 aliphatic heterocycles. The maximum atomic E-state index is 12.9. The van der Waals surface area contributed by atoms with E-state index in [1.165, 1.54) is 18.2 Å². The first kappa shape index (κ1) is 22.4. The van der Waals surface area contributed by atoms with Crippen molar-refractivity contribution in [1.82, 2.24) is 4.98 Å². The summed E-state index contributed by atoms with van der Waals surface area (Å²) in [5.74, 6) is -0.948. The SMILES string of the molecule is N#Cc1c2ccc(OC(F)(F)F)cc2c(-c2ccc(OC(F)(F)F)cc2)c2[nH]c3ccccc3c12. The average molecular weight is 486 g/mol. The largest absolute Gasteiger partial charge is 0.573 e. The topological polar surface area (TPSA) is 58.0 Å². The van der Waals surface area contributed by atoms with Crippen LogP contribution in [0.15, 0.2) is 66.7 Å². The van der Waals surface area contributed by atoms with Gasteiger partial charge in [-0.15, -0.1) is 26.3 Å². The summed E-state index contributed by atoms with van der Waals surface area (Å²) in [7, 11) is 0. The number of H-pyrrole nitrogens is 1. The zero-order valence-electron chi connectivity index (χ0n) is 17.4. The number of nitriles is 1. The maximum Gasteiger partial charge on any atom is 0.573 e. The summed E-state index contributed by atoms with van der Waals surface area (Å²) in [4.78, 5) is 3.21. The van der Waals surface area contributed by atoms with Gasteiger partial charge in [0.15, 0.2) is 0 Å². The fraction of sp³-hybridized carbons (Fsp3) is 0.0800. The molecule has 35 heavy (non-hydrogen) atoms. The molecule has 4 nitrogen and oxygen atoms in total. The predicted octanol–water partition coefficient (Wildman–Crippen LogP) is 7.81. The van der Waals surface area contributed by atoms with E-state index in [0.717, 1.165) is 29.7 Å². The standard InChI is InChI=1S/C25H12F6N2O2/c26-24(27,28)34-14-7-5-13(6-8-14)21-18-11-15(35-25(29,30)31)9-10-16(18)19(12-32)22-17-3-1-2-4-20(17)33-23(21)22/h1-11,33H. The Balaban J connectivity index is 1.85. The Bertz CT molecular complexity index is 1630. The molecule has 0 fully saturated rings. The predicted molar refractivity (Wildman–Crippen MR) is 117 cm³/mol. The fourth-order valence-corrected chi connectivity index (χ4v) is 4.24. The highest BCUT2D eigenvalue weighted by Gasteiger charge is 2.32. The fourth-order valence-electron chi connectivity index (χ4n) is 4.24. The van der Waals surface area contributed by atoms with Gasteiger partial charge in [0.1, 0.15) is 17.6 Å². The molecule has 0 amide bonds. The minimum Gasteiger partial charge on any atom is -0.406 e. The van der Waals surface area contributed by atoms with E-state index in [4.69, 9.17) is 0 Å². The number of nitrogens with one attached hydrogen (secondary N) is 1. The zero-order chi connectivity index (χ0) is 25.0. The van der Waals surface area contributed by atoms with Crippen LogP contribution >= 0.6 is 0 Å². The van der Waals surface area contributed by atoms with Crippen molar-refractivity contribution < 1.29 is 35.8 Å². The van der Waals surface area contributed by atoms with E-state index >= 15 is 0 Å². The number of hydrogen-bond acceptors (Lipinski definition) is 3. The van der Waals surface area contributed by atoms with Gasteiger partial charge in [-0.1, -0.05) is 30.3 Å². The minimum absolute atomic E-state index is 0.242. The summed E-state index contributed by atoms with van der Waals surface area (Å²) in [5, 5.41) is 11.9. The van der Waals surface area contributed by atoms with E-state index in [-0.39, 0.29) is 10.9 Å². The van der Waals surface area contributed by atoms with Crippen molar-refractivity contribution in [3.05, 3.63) is 72.3 Å². The smallest absolute Gasteiger partial charge is 0.406 e. The van der Waals surface area contributed by atoms with Crippen molar-refractivity contribution in [3.8, 4) is 28.7 Å². The van der Waals surface area contributed by atoms with Crippen molar-refractivity contribution in [3.63, 3.8) is 0 Å². The Labute approximate surface area is 192 Å². The monoisotopic (exact) mass is 486 g/mol. The van der Waals surface area contributed by atoms with Crippen LogP contribution in [0.3, 0.4) is 0 Å². The lowest BCUT2D eigenvalue weighted by Crippen LogP contribution is -2.17. The van der Waals surface area contributed by atoms with Gasteiger partial charge in [0, 0.05) is 27.2 Å². The molecule has 5 aromatic rings. The van der Waals surface area contributed by atoms with Crippen molar-refractivity contribution >= 4 is 32.6 Å². The number of alkyl halides is 6. The molecule has 0 unspecified atom stereocenters. The summed E-state index contributed by atoms with van der Waals surface area (Å²) in [6, 6.07) is 17.9. The number of hydrogen-bond donors (Lipinski definition) is 1. The van der Waals surface area contributed by atoms with Crippen molar-refractivity contribution in [2.24, 2.45) is 0 Å². The van der Waals surface area contributed by atoms with Crippen LogP contribution in [0, 0.1) is 11.3 Å². The van der Waals surface area contributed by atoms with Crippen molar-refractivity contribution in [2.75, 3.05) is 0 Å². The molecule has 0 radical (unpaired) electrons. The third-order valence-electron chi connectivity index (χ3n) is 5.46. The van der Waals surface area contributed by atoms with Gasteiger partial charge in [-0.2, -0.15) is 5.26 Å². The van der Waals surface area contributed by atoms with Gasteiger partial charge in [0.05, 0.1) is 11.1 Å². The number of nitrogens with zero attached hydrogens (tertiary/aromatic N) is 1. The number of aromatic nitrogens is 1. The third-order valence-corrected chi connectivity index (χ3v) is 5.46. The van der Waals surface area contributed by atoms with Gasteiger partial charge in [0.25, 0.3) is 0 Å². The molecule has 0 saturated heterocycles. The van der Waals surface area contributed by atoms with E-state index in [9.17, 15) is 31.6 Å². The summed E-state index contributed by atoms with van der Waals surface area (Å²) in [6.07, 6.45) is -9.81. The highest BCUT2D eigenvalue weighted by molar-refractivity contribution is 6.23. The van der Waals surface area contributed by atoms with E-state index < -0.39 is 24.2 Å². The van der Waals surface area contributed by atoms with Crippen LogP contribution in [-0.2, 0) is 0 Å². The molecule has 0 saturated carbocycles. The molecular weight excluding hydrogens is 474 g/mol. The van der Waals surface area contributed by atoms with Crippen LogP contribution in [0.4, 0.5) is 26.3 Å². The van der Waals surface area contributed by atoms with Gasteiger partial charge >= 0.3 is 12.7 Å². The number of fused-ring (bicyclic) bond motifs is 4. The first-order valence-electron chi connectivity index (χ1n) is 10.1. The summed E-state index contributed by atoms with van der Waals surface area (Å²) < 4.78 is 84.5. The molecule has 10 heteroatoms. The quantitative estimate of drug-likeness (QED) is 0.265. The Morgan fingerprint density at radius 2 is 1.34 bits per heavy atom. The van der Waals surface area contributed by atoms with Gasteiger partial charge in [0.2, 0.25) is 0 Å². The van der Waals surface area contributed by atoms with Crippen molar-refractivity contribution in [1.29, 1.82) is 5.26 Å². The second kappa shape index (κ2) is 7.84. The Kier molecular flexibility index (Phi) is 5.02. The number of rotatable bonds is 3. The Morgan fingerprint density at radius 3 is 2.00 bits per heavy atom. The molecule has 0 aliphatic rings. The number of para-hydroxylation sites is 1. The van der Waals surface area contributed by atoms with Crippen LogP contribution in [0.2, 0.25) is 0 Å². The Morgan fingerprint density at radius 1 is 0.714 bits per heavy atom. The highest BCUT2D eigenvalue weighted by atomic mass is 19.4. The number of ether oxygens (including phenoxy) is 2. The third kappa shape index (κ3) is 4.17. The van der Waals surface area contributed by atoms with Crippen LogP contribution in [0.1, 0.15) is 5.56 Å².